The van der Waals surface area contributed by atoms with Crippen molar-refractivity contribution < 1.29 is 9.13 Å². The molecule has 0 aromatic heterocycles. The molecule has 31 heavy (non-hydrogen) atoms. The number of rotatable bonds is 3. The van der Waals surface area contributed by atoms with Crippen LogP contribution in [0.25, 0.3) is 33.1 Å². The van der Waals surface area contributed by atoms with Crippen molar-refractivity contribution in [3.8, 4) is 17.0 Å². The normalized spacial score (nSPS) is 19.6. The van der Waals surface area contributed by atoms with Gasteiger partial charge in [0.2, 0.25) is 0 Å². The predicted molar refractivity (Wildman–Crippen MR) is 123 cm³/mol. The summed E-state index contributed by atoms with van der Waals surface area (Å²) in [5.74, 6) is 0.335. The number of anilines is 1. The maximum atomic E-state index is 15.7. The molecule has 160 valence electrons. The van der Waals surface area contributed by atoms with Crippen LogP contribution in [0.1, 0.15) is 25.8 Å². The number of halogens is 2. The number of fused-ring (bicyclic) bond motifs is 5. The number of nitrogens with one attached hydrogen (secondary N) is 1. The van der Waals surface area contributed by atoms with Gasteiger partial charge in [-0.25, -0.2) is 9.37 Å². The summed E-state index contributed by atoms with van der Waals surface area (Å²) in [6, 6.07) is 8.09. The van der Waals surface area contributed by atoms with Gasteiger partial charge in [0.1, 0.15) is 5.69 Å². The fourth-order valence-corrected chi connectivity index (χ4v) is 5.15. The zero-order chi connectivity index (χ0) is 21.3. The van der Waals surface area contributed by atoms with E-state index < -0.39 is 0 Å². The first kappa shape index (κ1) is 19.1. The third-order valence-electron chi connectivity index (χ3n) is 6.53. The number of ether oxygens (including phenoxy) is 1. The Morgan fingerprint density at radius 3 is 2.81 bits per heavy atom. The van der Waals surface area contributed by atoms with E-state index in [1.54, 1.807) is 13.2 Å². The van der Waals surface area contributed by atoms with Gasteiger partial charge in [-0.1, -0.05) is 17.7 Å². The van der Waals surface area contributed by atoms with Gasteiger partial charge in [-0.15, -0.1) is 0 Å². The maximum absolute atomic E-state index is 15.7. The zero-order valence-corrected chi connectivity index (χ0v) is 18.3. The second kappa shape index (κ2) is 6.97. The van der Waals surface area contributed by atoms with Crippen LogP contribution in [0.3, 0.4) is 0 Å². The maximum Gasteiger partial charge on any atom is 0.169 e. The van der Waals surface area contributed by atoms with Crippen LogP contribution in [0.2, 0.25) is 5.02 Å². The molecule has 3 aliphatic heterocycles. The molecule has 2 aromatic carbocycles. The second-order valence-corrected chi connectivity index (χ2v) is 9.18. The van der Waals surface area contributed by atoms with Gasteiger partial charge in [-0.3, -0.25) is 0 Å². The first-order chi connectivity index (χ1) is 15.0. The van der Waals surface area contributed by atoms with E-state index in [4.69, 9.17) is 21.3 Å². The Kier molecular flexibility index (Phi) is 4.30. The first-order valence-corrected chi connectivity index (χ1v) is 11.2. The molecule has 1 atom stereocenters. The van der Waals surface area contributed by atoms with Crippen molar-refractivity contribution in [1.82, 2.24) is 14.9 Å². The van der Waals surface area contributed by atoms with Crippen LogP contribution in [-0.2, 0) is 0 Å². The lowest BCUT2D eigenvalue weighted by atomic mass is 10.0. The molecule has 0 spiro atoms. The van der Waals surface area contributed by atoms with Gasteiger partial charge < -0.3 is 19.5 Å². The van der Waals surface area contributed by atoms with E-state index in [9.17, 15) is 0 Å². The van der Waals surface area contributed by atoms with Gasteiger partial charge in [0, 0.05) is 59.3 Å². The highest BCUT2D eigenvalue weighted by molar-refractivity contribution is 6.31. The molecule has 4 aliphatic rings. The molecule has 1 N–H and O–H groups in total. The third kappa shape index (κ3) is 2.96. The molecule has 0 amide bonds. The average molecular weight is 439 g/mol. The van der Waals surface area contributed by atoms with Gasteiger partial charge in [0.15, 0.2) is 11.6 Å². The molecule has 1 saturated carbocycles. The number of pyridine rings is 1. The van der Waals surface area contributed by atoms with Crippen molar-refractivity contribution in [3.63, 3.8) is 0 Å². The Balaban J connectivity index is 1.70. The topological polar surface area (TPSA) is 42.3 Å². The smallest absolute Gasteiger partial charge is 0.169 e. The molecular formula is C24H24ClFN4O. The summed E-state index contributed by atoms with van der Waals surface area (Å²) >= 11 is 6.21. The van der Waals surface area contributed by atoms with E-state index >= 15 is 4.39 Å². The number of benzene rings is 2. The van der Waals surface area contributed by atoms with E-state index in [2.05, 4.69) is 27.9 Å². The fraction of sp³-hybridized carbons (Fsp3) is 0.375. The fourth-order valence-electron chi connectivity index (χ4n) is 4.98. The number of piperazine rings is 1. The molecule has 2 aromatic rings. The SMILES string of the molecule is COc1c(N2CCNC(C)C2)c(F)cc2c3nc4cc(Cl)ccc4c-3cn(C3CC3)c12. The van der Waals surface area contributed by atoms with Crippen molar-refractivity contribution >= 4 is 39.1 Å². The highest BCUT2D eigenvalue weighted by atomic mass is 35.5. The summed E-state index contributed by atoms with van der Waals surface area (Å²) in [6.07, 6.45) is 4.40. The molecule has 1 saturated heterocycles. The average Bonchev–Trinajstić information content (AvgIpc) is 3.53. The first-order valence-electron chi connectivity index (χ1n) is 10.8. The zero-order valence-electron chi connectivity index (χ0n) is 17.6. The van der Waals surface area contributed by atoms with E-state index in [0.29, 0.717) is 28.5 Å². The van der Waals surface area contributed by atoms with Gasteiger partial charge in [-0.2, -0.15) is 0 Å². The molecule has 1 aliphatic carbocycles. The lowest BCUT2D eigenvalue weighted by molar-refractivity contribution is 0.407. The molecule has 0 radical (unpaired) electrons. The molecule has 3 heterocycles. The minimum Gasteiger partial charge on any atom is -0.492 e. The van der Waals surface area contributed by atoms with Crippen LogP contribution in [0.15, 0.2) is 30.5 Å². The van der Waals surface area contributed by atoms with Gasteiger partial charge in [0.25, 0.3) is 0 Å². The van der Waals surface area contributed by atoms with Gasteiger partial charge in [-0.05, 0) is 38.0 Å². The van der Waals surface area contributed by atoms with Crippen LogP contribution in [0, 0.1) is 5.82 Å². The highest BCUT2D eigenvalue weighted by Gasteiger charge is 2.32. The number of hydrogen-bond acceptors (Lipinski definition) is 4. The van der Waals surface area contributed by atoms with Crippen molar-refractivity contribution in [2.75, 3.05) is 31.6 Å². The largest absolute Gasteiger partial charge is 0.492 e. The van der Waals surface area contributed by atoms with E-state index in [1.807, 2.05) is 18.2 Å². The number of nitrogens with zero attached hydrogens (tertiary/aromatic N) is 3. The monoisotopic (exact) mass is 438 g/mol. The van der Waals surface area contributed by atoms with E-state index in [-0.39, 0.29) is 5.82 Å². The summed E-state index contributed by atoms with van der Waals surface area (Å²) in [5.41, 5.74) is 4.12. The Morgan fingerprint density at radius 2 is 2.06 bits per heavy atom. The summed E-state index contributed by atoms with van der Waals surface area (Å²) in [4.78, 5) is 6.95. The van der Waals surface area contributed by atoms with Crippen LogP contribution in [-0.4, -0.2) is 42.3 Å². The quantitative estimate of drug-likeness (QED) is 0.475. The van der Waals surface area contributed by atoms with Crippen LogP contribution in [0.5, 0.6) is 5.75 Å². The standard InChI is InChI=1S/C24H24ClFN4O/c1-13-11-29(8-7-27-13)23-19(26)10-17-21-18(16-6-3-14(25)9-20(16)28-21)12-30(15-4-5-15)22(17)24(23)31-2/h3,6,9-10,12-13,15,27H,4-5,7-8,11H2,1-2H3. The van der Waals surface area contributed by atoms with Crippen molar-refractivity contribution in [2.45, 2.75) is 31.8 Å². The lowest BCUT2D eigenvalue weighted by Crippen LogP contribution is -2.49. The number of hydrogen-bond donors (Lipinski definition) is 1. The Morgan fingerprint density at radius 1 is 1.23 bits per heavy atom. The van der Waals surface area contributed by atoms with Crippen molar-refractivity contribution in [1.29, 1.82) is 0 Å². The second-order valence-electron chi connectivity index (χ2n) is 8.74. The van der Waals surface area contributed by atoms with Crippen molar-refractivity contribution in [2.24, 2.45) is 0 Å². The van der Waals surface area contributed by atoms with E-state index in [1.165, 1.54) is 0 Å². The van der Waals surface area contributed by atoms with Crippen LogP contribution < -0.4 is 15.0 Å². The lowest BCUT2D eigenvalue weighted by Gasteiger charge is -2.35. The predicted octanol–water partition coefficient (Wildman–Crippen LogP) is 5.23. The Bertz CT molecular complexity index is 1300. The van der Waals surface area contributed by atoms with Crippen LogP contribution in [0.4, 0.5) is 10.1 Å². The summed E-state index contributed by atoms with van der Waals surface area (Å²) in [6.45, 7) is 4.42. The molecule has 5 nitrogen and oxygen atoms in total. The van der Waals surface area contributed by atoms with Crippen molar-refractivity contribution in [3.05, 3.63) is 41.3 Å². The summed E-state index contributed by atoms with van der Waals surface area (Å²) in [7, 11) is 1.64. The minimum atomic E-state index is -0.265. The van der Waals surface area contributed by atoms with Gasteiger partial charge >= 0.3 is 0 Å². The number of methoxy groups -OCH3 is 1. The van der Waals surface area contributed by atoms with Gasteiger partial charge in [0.05, 0.1) is 23.8 Å². The molecular weight excluding hydrogens is 415 g/mol. The molecule has 2 fully saturated rings. The molecule has 6 rings (SSSR count). The summed E-state index contributed by atoms with van der Waals surface area (Å²) < 4.78 is 23.9. The number of aromatic nitrogens is 2. The molecule has 1 unspecified atom stereocenters. The highest BCUT2D eigenvalue weighted by Crippen LogP contribution is 2.48. The molecule has 7 heteroatoms. The summed E-state index contributed by atoms with van der Waals surface area (Å²) in [5, 5.41) is 5.90. The van der Waals surface area contributed by atoms with E-state index in [0.717, 1.165) is 65.5 Å². The van der Waals surface area contributed by atoms with Crippen LogP contribution >= 0.6 is 11.6 Å². The molecule has 0 bridgehead atoms. The Labute approximate surface area is 185 Å². The minimum absolute atomic E-state index is 0.265. The third-order valence-corrected chi connectivity index (χ3v) is 6.77. The Hall–Kier alpha value is -2.57.